The molecule has 0 spiro atoms. The highest BCUT2D eigenvalue weighted by molar-refractivity contribution is 7.89. The van der Waals surface area contributed by atoms with Crippen LogP contribution in [-0.4, -0.2) is 49.2 Å². The Hall–Kier alpha value is -2.69. The summed E-state index contributed by atoms with van der Waals surface area (Å²) in [5.74, 6) is -0.0957. The van der Waals surface area contributed by atoms with E-state index >= 15 is 0 Å². The summed E-state index contributed by atoms with van der Waals surface area (Å²) in [5, 5.41) is 8.98. The molecule has 1 fully saturated rings. The number of carbonyl (C=O) groups excluding carboxylic acids is 1. The number of hydrogen-bond donors (Lipinski definition) is 0. The zero-order valence-electron chi connectivity index (χ0n) is 14.4. The Kier molecular flexibility index (Phi) is 5.07. The van der Waals surface area contributed by atoms with E-state index in [4.69, 9.17) is 5.26 Å². The second kappa shape index (κ2) is 7.28. The lowest BCUT2D eigenvalue weighted by atomic mass is 10.1. The average molecular weight is 369 g/mol. The summed E-state index contributed by atoms with van der Waals surface area (Å²) in [4.78, 5) is 14.4. The van der Waals surface area contributed by atoms with E-state index in [0.717, 1.165) is 0 Å². The first-order chi connectivity index (χ1) is 12.4. The van der Waals surface area contributed by atoms with Crippen LogP contribution in [0.5, 0.6) is 0 Å². The van der Waals surface area contributed by atoms with Crippen LogP contribution in [0.25, 0.3) is 0 Å². The van der Waals surface area contributed by atoms with Gasteiger partial charge >= 0.3 is 0 Å². The third kappa shape index (κ3) is 3.47. The summed E-state index contributed by atoms with van der Waals surface area (Å²) in [6.45, 7) is 2.61. The van der Waals surface area contributed by atoms with Gasteiger partial charge in [-0.05, 0) is 37.3 Å². The van der Waals surface area contributed by atoms with Crippen LogP contribution in [0.2, 0.25) is 0 Å². The molecular weight excluding hydrogens is 350 g/mol. The maximum Gasteiger partial charge on any atom is 0.254 e. The SMILES string of the molecule is CC1CN(S(=O)(=O)c2cccc(C#N)c2)CCN1C(=O)c1ccccc1. The van der Waals surface area contributed by atoms with Crippen molar-refractivity contribution >= 4 is 15.9 Å². The van der Waals surface area contributed by atoms with Gasteiger partial charge in [-0.15, -0.1) is 0 Å². The minimum absolute atomic E-state index is 0.0957. The number of hydrogen-bond acceptors (Lipinski definition) is 4. The zero-order chi connectivity index (χ0) is 18.7. The van der Waals surface area contributed by atoms with Gasteiger partial charge in [0.05, 0.1) is 16.5 Å². The first-order valence-electron chi connectivity index (χ1n) is 8.30. The monoisotopic (exact) mass is 369 g/mol. The molecule has 0 bridgehead atoms. The first kappa shape index (κ1) is 18.1. The Morgan fingerprint density at radius 3 is 2.50 bits per heavy atom. The number of piperazine rings is 1. The van der Waals surface area contributed by atoms with Gasteiger partial charge < -0.3 is 4.90 Å². The smallest absolute Gasteiger partial charge is 0.254 e. The standard InChI is InChI=1S/C19H19N3O3S/c1-15-14-21(26(24,25)18-9-5-6-16(12-18)13-20)10-11-22(15)19(23)17-7-3-2-4-8-17/h2-9,12,15H,10-11,14H2,1H3. The highest BCUT2D eigenvalue weighted by atomic mass is 32.2. The van der Waals surface area contributed by atoms with Gasteiger partial charge in [0.15, 0.2) is 0 Å². The highest BCUT2D eigenvalue weighted by Gasteiger charge is 2.34. The summed E-state index contributed by atoms with van der Waals surface area (Å²) in [5.41, 5.74) is 0.898. The molecular formula is C19H19N3O3S. The number of rotatable bonds is 3. The number of nitriles is 1. The molecule has 26 heavy (non-hydrogen) atoms. The van der Waals surface area contributed by atoms with Crippen LogP contribution < -0.4 is 0 Å². The van der Waals surface area contributed by atoms with Gasteiger partial charge in [-0.2, -0.15) is 9.57 Å². The van der Waals surface area contributed by atoms with Crippen molar-refractivity contribution in [2.45, 2.75) is 17.9 Å². The fourth-order valence-corrected chi connectivity index (χ4v) is 4.62. The minimum Gasteiger partial charge on any atom is -0.333 e. The van der Waals surface area contributed by atoms with Crippen LogP contribution in [0.1, 0.15) is 22.8 Å². The molecule has 1 aliphatic rings. The molecule has 6 nitrogen and oxygen atoms in total. The number of benzene rings is 2. The molecule has 0 aromatic heterocycles. The maximum atomic E-state index is 12.9. The molecule has 1 aliphatic heterocycles. The Morgan fingerprint density at radius 2 is 1.85 bits per heavy atom. The van der Waals surface area contributed by atoms with Crippen molar-refractivity contribution in [1.29, 1.82) is 5.26 Å². The van der Waals surface area contributed by atoms with E-state index in [1.807, 2.05) is 19.1 Å². The van der Waals surface area contributed by atoms with Gasteiger partial charge in [0.2, 0.25) is 10.0 Å². The van der Waals surface area contributed by atoms with Crippen molar-refractivity contribution in [2.24, 2.45) is 0 Å². The van der Waals surface area contributed by atoms with E-state index in [2.05, 4.69) is 0 Å². The summed E-state index contributed by atoms with van der Waals surface area (Å²) in [6, 6.07) is 16.7. The summed E-state index contributed by atoms with van der Waals surface area (Å²) in [7, 11) is -3.70. The van der Waals surface area contributed by atoms with Crippen LogP contribution >= 0.6 is 0 Å². The molecule has 0 N–H and O–H groups in total. The fraction of sp³-hybridized carbons (Fsp3) is 0.263. The Labute approximate surface area is 153 Å². The topological polar surface area (TPSA) is 81.5 Å². The molecule has 1 atom stereocenters. The fourth-order valence-electron chi connectivity index (χ4n) is 3.07. The van der Waals surface area contributed by atoms with Crippen molar-refractivity contribution in [2.75, 3.05) is 19.6 Å². The Balaban J connectivity index is 1.78. The number of amides is 1. The molecule has 0 radical (unpaired) electrons. The van der Waals surface area contributed by atoms with Gasteiger partial charge in [0.25, 0.3) is 5.91 Å². The van der Waals surface area contributed by atoms with E-state index in [0.29, 0.717) is 17.7 Å². The molecule has 7 heteroatoms. The second-order valence-corrected chi connectivity index (χ2v) is 8.15. The minimum atomic E-state index is -3.70. The van der Waals surface area contributed by atoms with Crippen molar-refractivity contribution in [3.05, 3.63) is 65.7 Å². The van der Waals surface area contributed by atoms with Gasteiger partial charge in [-0.1, -0.05) is 24.3 Å². The van der Waals surface area contributed by atoms with Crippen molar-refractivity contribution in [3.8, 4) is 6.07 Å². The average Bonchev–Trinajstić information content (AvgIpc) is 2.68. The van der Waals surface area contributed by atoms with Crippen LogP contribution in [-0.2, 0) is 10.0 Å². The molecule has 3 rings (SSSR count). The largest absolute Gasteiger partial charge is 0.333 e. The lowest BCUT2D eigenvalue weighted by Crippen LogP contribution is -2.55. The Bertz CT molecular complexity index is 951. The van der Waals surface area contributed by atoms with E-state index < -0.39 is 10.0 Å². The molecule has 0 aliphatic carbocycles. The summed E-state index contributed by atoms with van der Waals surface area (Å²) >= 11 is 0. The van der Waals surface area contributed by atoms with Gasteiger partial charge in [0.1, 0.15) is 0 Å². The normalized spacial score (nSPS) is 18.3. The van der Waals surface area contributed by atoms with Gasteiger partial charge in [-0.3, -0.25) is 4.79 Å². The third-order valence-corrected chi connectivity index (χ3v) is 6.33. The van der Waals surface area contributed by atoms with E-state index in [1.165, 1.54) is 16.4 Å². The lowest BCUT2D eigenvalue weighted by molar-refractivity contribution is 0.0591. The summed E-state index contributed by atoms with van der Waals surface area (Å²) < 4.78 is 27.1. The van der Waals surface area contributed by atoms with Crippen molar-refractivity contribution in [1.82, 2.24) is 9.21 Å². The zero-order valence-corrected chi connectivity index (χ0v) is 15.2. The van der Waals surface area contributed by atoms with E-state index in [-0.39, 0.29) is 29.9 Å². The Morgan fingerprint density at radius 1 is 1.12 bits per heavy atom. The van der Waals surface area contributed by atoms with Crippen LogP contribution in [0.4, 0.5) is 0 Å². The molecule has 134 valence electrons. The maximum absolute atomic E-state index is 12.9. The van der Waals surface area contributed by atoms with Gasteiger partial charge in [0, 0.05) is 31.2 Å². The molecule has 2 aromatic carbocycles. The van der Waals surface area contributed by atoms with E-state index in [1.54, 1.807) is 41.3 Å². The molecule has 0 saturated carbocycles. The number of sulfonamides is 1. The predicted molar refractivity (Wildman–Crippen MR) is 96.9 cm³/mol. The molecule has 1 heterocycles. The molecule has 1 amide bonds. The molecule has 1 saturated heterocycles. The number of carbonyl (C=O) groups is 1. The van der Waals surface area contributed by atoms with Crippen molar-refractivity contribution in [3.63, 3.8) is 0 Å². The molecule has 2 aromatic rings. The number of nitrogens with zero attached hydrogens (tertiary/aromatic N) is 3. The predicted octanol–water partition coefficient (Wildman–Crippen LogP) is 2.09. The lowest BCUT2D eigenvalue weighted by Gasteiger charge is -2.39. The molecule has 1 unspecified atom stereocenters. The van der Waals surface area contributed by atoms with Gasteiger partial charge in [-0.25, -0.2) is 8.42 Å². The van der Waals surface area contributed by atoms with Crippen molar-refractivity contribution < 1.29 is 13.2 Å². The quantitative estimate of drug-likeness (QED) is 0.830. The highest BCUT2D eigenvalue weighted by Crippen LogP contribution is 2.22. The van der Waals surface area contributed by atoms with Crippen LogP contribution in [0, 0.1) is 11.3 Å². The first-order valence-corrected chi connectivity index (χ1v) is 9.74. The van der Waals surface area contributed by atoms with Crippen LogP contribution in [0.15, 0.2) is 59.5 Å². The summed E-state index contributed by atoms with van der Waals surface area (Å²) in [6.07, 6.45) is 0. The second-order valence-electron chi connectivity index (χ2n) is 6.22. The van der Waals surface area contributed by atoms with Crippen LogP contribution in [0.3, 0.4) is 0 Å². The van der Waals surface area contributed by atoms with E-state index in [9.17, 15) is 13.2 Å². The third-order valence-electron chi connectivity index (χ3n) is 4.47.